The molecule has 2 atom stereocenters. The van der Waals surface area contributed by atoms with Gasteiger partial charge in [0.2, 0.25) is 11.8 Å². The molecule has 0 aromatic heterocycles. The highest BCUT2D eigenvalue weighted by atomic mass is 35.5. The summed E-state index contributed by atoms with van der Waals surface area (Å²) in [6.45, 7) is 5.59. The van der Waals surface area contributed by atoms with Crippen LogP contribution in [0.5, 0.6) is 0 Å². The molecule has 116 valence electrons. The molecule has 0 bridgehead atoms. The number of nitrogens with one attached hydrogen (secondary N) is 2. The van der Waals surface area contributed by atoms with Gasteiger partial charge in [-0.05, 0) is 44.7 Å². The quantitative estimate of drug-likeness (QED) is 0.767. The third-order valence-corrected chi connectivity index (χ3v) is 4.19. The van der Waals surface area contributed by atoms with Crippen LogP contribution in [0.3, 0.4) is 0 Å². The molecule has 2 rings (SSSR count). The van der Waals surface area contributed by atoms with Crippen LogP contribution in [0.4, 0.5) is 0 Å². The highest BCUT2D eigenvalue weighted by Crippen LogP contribution is 2.16. The highest BCUT2D eigenvalue weighted by Gasteiger charge is 2.31. The van der Waals surface area contributed by atoms with Crippen molar-refractivity contribution in [2.45, 2.75) is 45.1 Å². The standard InChI is InChI=1S/C14H25N3O2.ClH/c1-2-12(17-9-3-4-13(17)18)14(19)16-8-6-11-5-7-15-10-11;/h11-12,15H,2-10H2,1H3,(H,16,19);1H. The van der Waals surface area contributed by atoms with Gasteiger partial charge in [-0.3, -0.25) is 9.59 Å². The van der Waals surface area contributed by atoms with Crippen LogP contribution in [-0.2, 0) is 9.59 Å². The van der Waals surface area contributed by atoms with Gasteiger partial charge in [-0.2, -0.15) is 0 Å². The summed E-state index contributed by atoms with van der Waals surface area (Å²) in [6.07, 6.45) is 4.41. The Hall–Kier alpha value is -0.810. The maximum absolute atomic E-state index is 12.2. The highest BCUT2D eigenvalue weighted by molar-refractivity contribution is 5.88. The fraction of sp³-hybridized carbons (Fsp3) is 0.857. The van der Waals surface area contributed by atoms with E-state index in [2.05, 4.69) is 10.6 Å². The van der Waals surface area contributed by atoms with Crippen LogP contribution in [0.1, 0.15) is 39.0 Å². The van der Waals surface area contributed by atoms with Gasteiger partial charge in [-0.25, -0.2) is 0 Å². The third kappa shape index (κ3) is 4.35. The molecule has 2 amide bonds. The predicted octanol–water partition coefficient (Wildman–Crippen LogP) is 0.925. The van der Waals surface area contributed by atoms with Gasteiger partial charge in [0.15, 0.2) is 0 Å². The molecule has 5 nitrogen and oxygen atoms in total. The van der Waals surface area contributed by atoms with Crippen molar-refractivity contribution >= 4 is 24.2 Å². The van der Waals surface area contributed by atoms with Crippen molar-refractivity contribution in [2.75, 3.05) is 26.2 Å². The van der Waals surface area contributed by atoms with E-state index in [1.165, 1.54) is 6.42 Å². The topological polar surface area (TPSA) is 61.4 Å². The van der Waals surface area contributed by atoms with Crippen molar-refractivity contribution in [2.24, 2.45) is 5.92 Å². The van der Waals surface area contributed by atoms with Crippen LogP contribution >= 0.6 is 12.4 Å². The maximum Gasteiger partial charge on any atom is 0.242 e. The average Bonchev–Trinajstić information content (AvgIpc) is 3.03. The first kappa shape index (κ1) is 17.2. The van der Waals surface area contributed by atoms with Crippen LogP contribution in [-0.4, -0.2) is 48.9 Å². The molecule has 0 aromatic carbocycles. The number of likely N-dealkylation sites (tertiary alicyclic amines) is 1. The summed E-state index contributed by atoms with van der Waals surface area (Å²) < 4.78 is 0. The summed E-state index contributed by atoms with van der Waals surface area (Å²) >= 11 is 0. The molecule has 2 aliphatic rings. The molecule has 6 heteroatoms. The summed E-state index contributed by atoms with van der Waals surface area (Å²) in [5.74, 6) is 0.833. The van der Waals surface area contributed by atoms with E-state index in [0.29, 0.717) is 18.8 Å². The van der Waals surface area contributed by atoms with Gasteiger partial charge in [-0.15, -0.1) is 12.4 Å². The molecular weight excluding hydrogens is 278 g/mol. The van der Waals surface area contributed by atoms with E-state index in [0.717, 1.165) is 39.0 Å². The molecule has 20 heavy (non-hydrogen) atoms. The van der Waals surface area contributed by atoms with E-state index < -0.39 is 0 Å². The SMILES string of the molecule is CCC(C(=O)NCCC1CCNC1)N1CCCC1=O.Cl. The molecule has 2 fully saturated rings. The number of hydrogen-bond acceptors (Lipinski definition) is 3. The van der Waals surface area contributed by atoms with Gasteiger partial charge in [0.1, 0.15) is 6.04 Å². The zero-order valence-corrected chi connectivity index (χ0v) is 13.0. The Kier molecular flexibility index (Phi) is 7.30. The lowest BCUT2D eigenvalue weighted by atomic mass is 10.1. The van der Waals surface area contributed by atoms with E-state index in [1.807, 2.05) is 6.92 Å². The molecule has 0 radical (unpaired) electrons. The van der Waals surface area contributed by atoms with Crippen molar-refractivity contribution < 1.29 is 9.59 Å². The Morgan fingerprint density at radius 1 is 1.55 bits per heavy atom. The van der Waals surface area contributed by atoms with Gasteiger partial charge < -0.3 is 15.5 Å². The van der Waals surface area contributed by atoms with Crippen molar-refractivity contribution in [1.82, 2.24) is 15.5 Å². The van der Waals surface area contributed by atoms with Gasteiger partial charge in [-0.1, -0.05) is 6.92 Å². The second kappa shape index (κ2) is 8.47. The van der Waals surface area contributed by atoms with Crippen LogP contribution < -0.4 is 10.6 Å². The molecule has 0 saturated carbocycles. The zero-order valence-electron chi connectivity index (χ0n) is 12.2. The Morgan fingerprint density at radius 3 is 2.90 bits per heavy atom. The first-order valence-electron chi connectivity index (χ1n) is 7.50. The van der Waals surface area contributed by atoms with Crippen LogP contribution in [0, 0.1) is 5.92 Å². The van der Waals surface area contributed by atoms with Gasteiger partial charge >= 0.3 is 0 Å². The van der Waals surface area contributed by atoms with E-state index in [-0.39, 0.29) is 30.3 Å². The molecule has 2 unspecified atom stereocenters. The molecule has 2 aliphatic heterocycles. The zero-order chi connectivity index (χ0) is 13.7. The lowest BCUT2D eigenvalue weighted by molar-refractivity contribution is -0.137. The first-order chi connectivity index (χ1) is 9.22. The summed E-state index contributed by atoms with van der Waals surface area (Å²) in [5, 5.41) is 6.33. The van der Waals surface area contributed by atoms with E-state index in [4.69, 9.17) is 0 Å². The fourth-order valence-electron chi connectivity index (χ4n) is 3.02. The Labute approximate surface area is 127 Å². The Morgan fingerprint density at radius 2 is 2.35 bits per heavy atom. The number of carbonyl (C=O) groups is 2. The van der Waals surface area contributed by atoms with Gasteiger partial charge in [0, 0.05) is 19.5 Å². The minimum atomic E-state index is -0.267. The maximum atomic E-state index is 12.2. The number of amides is 2. The average molecular weight is 304 g/mol. The first-order valence-corrected chi connectivity index (χ1v) is 7.50. The second-order valence-electron chi connectivity index (χ2n) is 5.55. The number of nitrogens with zero attached hydrogens (tertiary/aromatic N) is 1. The predicted molar refractivity (Wildman–Crippen MR) is 80.9 cm³/mol. The molecule has 0 aliphatic carbocycles. The minimum Gasteiger partial charge on any atom is -0.354 e. The molecule has 2 N–H and O–H groups in total. The van der Waals surface area contributed by atoms with Crippen molar-refractivity contribution in [3.8, 4) is 0 Å². The molecule has 0 aromatic rings. The summed E-state index contributed by atoms with van der Waals surface area (Å²) in [6, 6.07) is -0.267. The largest absolute Gasteiger partial charge is 0.354 e. The van der Waals surface area contributed by atoms with Gasteiger partial charge in [0.05, 0.1) is 0 Å². The molecular formula is C14H26ClN3O2. The molecule has 2 saturated heterocycles. The Balaban J connectivity index is 0.00000200. The monoisotopic (exact) mass is 303 g/mol. The smallest absolute Gasteiger partial charge is 0.242 e. The van der Waals surface area contributed by atoms with Crippen LogP contribution in [0.15, 0.2) is 0 Å². The number of hydrogen-bond donors (Lipinski definition) is 2. The lowest BCUT2D eigenvalue weighted by Gasteiger charge is -2.26. The summed E-state index contributed by atoms with van der Waals surface area (Å²) in [4.78, 5) is 25.6. The number of halogens is 1. The fourth-order valence-corrected chi connectivity index (χ4v) is 3.02. The third-order valence-electron chi connectivity index (χ3n) is 4.19. The second-order valence-corrected chi connectivity index (χ2v) is 5.55. The normalized spacial score (nSPS) is 23.6. The van der Waals surface area contributed by atoms with Gasteiger partial charge in [0.25, 0.3) is 0 Å². The summed E-state index contributed by atoms with van der Waals surface area (Å²) in [7, 11) is 0. The number of rotatable bonds is 6. The van der Waals surface area contributed by atoms with E-state index in [9.17, 15) is 9.59 Å². The summed E-state index contributed by atoms with van der Waals surface area (Å²) in [5.41, 5.74) is 0. The van der Waals surface area contributed by atoms with Crippen LogP contribution in [0.2, 0.25) is 0 Å². The van der Waals surface area contributed by atoms with E-state index in [1.54, 1.807) is 4.90 Å². The van der Waals surface area contributed by atoms with Crippen molar-refractivity contribution in [3.63, 3.8) is 0 Å². The van der Waals surface area contributed by atoms with E-state index >= 15 is 0 Å². The van der Waals surface area contributed by atoms with Crippen molar-refractivity contribution in [1.29, 1.82) is 0 Å². The molecule has 2 heterocycles. The van der Waals surface area contributed by atoms with Crippen LogP contribution in [0.25, 0.3) is 0 Å². The molecule has 0 spiro atoms. The lowest BCUT2D eigenvalue weighted by Crippen LogP contribution is -2.47. The van der Waals surface area contributed by atoms with Crippen molar-refractivity contribution in [3.05, 3.63) is 0 Å². The minimum absolute atomic E-state index is 0. The number of carbonyl (C=O) groups excluding carboxylic acids is 2. The Bertz CT molecular complexity index is 332.